The van der Waals surface area contributed by atoms with Crippen molar-refractivity contribution in [1.82, 2.24) is 25.0 Å². The van der Waals surface area contributed by atoms with Gasteiger partial charge in [0.1, 0.15) is 0 Å². The summed E-state index contributed by atoms with van der Waals surface area (Å²) in [7, 11) is 0. The second-order valence-electron chi connectivity index (χ2n) is 6.58. The molecule has 2 heterocycles. The first kappa shape index (κ1) is 19.3. The van der Waals surface area contributed by atoms with Gasteiger partial charge in [0.15, 0.2) is 0 Å². The summed E-state index contributed by atoms with van der Waals surface area (Å²) in [5.74, 6) is 0. The third kappa shape index (κ3) is 5.25. The maximum atomic E-state index is 4.83. The minimum absolute atomic E-state index is 0.801. The highest BCUT2D eigenvalue weighted by molar-refractivity contribution is 5.62. The molecule has 1 aromatic carbocycles. The lowest BCUT2D eigenvalue weighted by atomic mass is 10.1. The monoisotopic (exact) mass is 363 g/mol. The van der Waals surface area contributed by atoms with E-state index in [1.165, 1.54) is 5.56 Å². The Labute approximate surface area is 162 Å². The lowest BCUT2D eigenvalue weighted by molar-refractivity contribution is 0.298. The minimum atomic E-state index is 0.801. The van der Waals surface area contributed by atoms with Crippen LogP contribution in [0, 0.1) is 0 Å². The summed E-state index contributed by atoms with van der Waals surface area (Å²) in [6.07, 6.45) is 6.94. The highest BCUT2D eigenvalue weighted by Gasteiger charge is 2.12. The summed E-state index contributed by atoms with van der Waals surface area (Å²) in [6, 6.07) is 14.3. The van der Waals surface area contributed by atoms with Crippen molar-refractivity contribution in [2.24, 2.45) is 0 Å². The zero-order chi connectivity index (χ0) is 18.9. The van der Waals surface area contributed by atoms with E-state index in [9.17, 15) is 0 Å². The van der Waals surface area contributed by atoms with Crippen LogP contribution in [0.5, 0.6) is 0 Å². The van der Waals surface area contributed by atoms with Crippen LogP contribution >= 0.6 is 0 Å². The Bertz CT molecular complexity index is 794. The van der Waals surface area contributed by atoms with Crippen molar-refractivity contribution in [2.75, 3.05) is 26.2 Å². The lowest BCUT2D eigenvalue weighted by Crippen LogP contribution is -2.27. The highest BCUT2D eigenvalue weighted by Crippen LogP contribution is 2.22. The molecule has 0 amide bonds. The van der Waals surface area contributed by atoms with Gasteiger partial charge in [0.25, 0.3) is 0 Å². The SMILES string of the molecule is CCN(CC)CCCNCc1cn(-c2ccccc2)nc1-c1cccnc1. The minimum Gasteiger partial charge on any atom is -0.312 e. The number of aromatic nitrogens is 3. The van der Waals surface area contributed by atoms with Crippen LogP contribution in [-0.2, 0) is 6.54 Å². The van der Waals surface area contributed by atoms with E-state index in [4.69, 9.17) is 5.10 Å². The van der Waals surface area contributed by atoms with Crippen LogP contribution in [-0.4, -0.2) is 45.8 Å². The van der Waals surface area contributed by atoms with Gasteiger partial charge in [-0.2, -0.15) is 5.10 Å². The summed E-state index contributed by atoms with van der Waals surface area (Å²) in [5, 5.41) is 8.41. The summed E-state index contributed by atoms with van der Waals surface area (Å²) in [5.41, 5.74) is 4.29. The molecule has 0 radical (unpaired) electrons. The first-order valence-corrected chi connectivity index (χ1v) is 9.79. The second kappa shape index (κ2) is 10.00. The van der Waals surface area contributed by atoms with E-state index in [1.807, 2.05) is 35.1 Å². The Morgan fingerprint density at radius 1 is 1.04 bits per heavy atom. The first-order chi connectivity index (χ1) is 13.3. The van der Waals surface area contributed by atoms with Crippen LogP contribution in [0.1, 0.15) is 25.8 Å². The number of benzene rings is 1. The molecule has 3 rings (SSSR count). The van der Waals surface area contributed by atoms with Gasteiger partial charge in [-0.3, -0.25) is 4.98 Å². The Balaban J connectivity index is 1.70. The number of pyridine rings is 1. The van der Waals surface area contributed by atoms with Gasteiger partial charge in [-0.15, -0.1) is 0 Å². The van der Waals surface area contributed by atoms with Crippen molar-refractivity contribution < 1.29 is 0 Å². The lowest BCUT2D eigenvalue weighted by Gasteiger charge is -2.17. The van der Waals surface area contributed by atoms with Crippen LogP contribution < -0.4 is 5.32 Å². The fraction of sp³-hybridized carbons (Fsp3) is 0.364. The Morgan fingerprint density at radius 3 is 2.56 bits per heavy atom. The molecular weight excluding hydrogens is 334 g/mol. The summed E-state index contributed by atoms with van der Waals surface area (Å²) >= 11 is 0. The van der Waals surface area contributed by atoms with Crippen molar-refractivity contribution in [2.45, 2.75) is 26.8 Å². The Hall–Kier alpha value is -2.50. The van der Waals surface area contributed by atoms with Gasteiger partial charge in [0, 0.05) is 36.3 Å². The zero-order valence-corrected chi connectivity index (χ0v) is 16.3. The third-order valence-electron chi connectivity index (χ3n) is 4.78. The zero-order valence-electron chi connectivity index (χ0n) is 16.3. The molecule has 1 N–H and O–H groups in total. The van der Waals surface area contributed by atoms with E-state index in [0.717, 1.165) is 56.1 Å². The average Bonchev–Trinajstić information content (AvgIpc) is 3.16. The molecule has 2 aromatic heterocycles. The van der Waals surface area contributed by atoms with Crippen LogP contribution in [0.15, 0.2) is 61.1 Å². The van der Waals surface area contributed by atoms with Crippen molar-refractivity contribution in [3.05, 3.63) is 66.6 Å². The van der Waals surface area contributed by atoms with Crippen molar-refractivity contribution in [3.63, 3.8) is 0 Å². The van der Waals surface area contributed by atoms with E-state index in [-0.39, 0.29) is 0 Å². The number of para-hydroxylation sites is 1. The molecule has 0 saturated heterocycles. The van der Waals surface area contributed by atoms with Crippen LogP contribution in [0.4, 0.5) is 0 Å². The maximum Gasteiger partial charge on any atom is 0.0988 e. The molecule has 0 fully saturated rings. The molecule has 27 heavy (non-hydrogen) atoms. The Morgan fingerprint density at radius 2 is 1.85 bits per heavy atom. The van der Waals surface area contributed by atoms with Gasteiger partial charge in [-0.05, 0) is 56.9 Å². The summed E-state index contributed by atoms with van der Waals surface area (Å²) in [4.78, 5) is 6.71. The topological polar surface area (TPSA) is 46.0 Å². The molecule has 0 unspecified atom stereocenters. The molecule has 0 spiro atoms. The van der Waals surface area contributed by atoms with E-state index in [1.54, 1.807) is 6.20 Å². The highest BCUT2D eigenvalue weighted by atomic mass is 15.3. The van der Waals surface area contributed by atoms with E-state index in [0.29, 0.717) is 0 Å². The number of nitrogens with one attached hydrogen (secondary N) is 1. The van der Waals surface area contributed by atoms with Gasteiger partial charge < -0.3 is 10.2 Å². The van der Waals surface area contributed by atoms with E-state index in [2.05, 4.69) is 53.4 Å². The molecule has 5 heteroatoms. The smallest absolute Gasteiger partial charge is 0.0988 e. The largest absolute Gasteiger partial charge is 0.312 e. The predicted octanol–water partition coefficient (Wildman–Crippen LogP) is 3.76. The molecule has 0 aliphatic heterocycles. The van der Waals surface area contributed by atoms with Gasteiger partial charge >= 0.3 is 0 Å². The van der Waals surface area contributed by atoms with Gasteiger partial charge in [0.2, 0.25) is 0 Å². The molecule has 0 aliphatic carbocycles. The number of hydrogen-bond acceptors (Lipinski definition) is 4. The van der Waals surface area contributed by atoms with Crippen LogP contribution in [0.2, 0.25) is 0 Å². The quantitative estimate of drug-likeness (QED) is 0.557. The van der Waals surface area contributed by atoms with Gasteiger partial charge in [-0.1, -0.05) is 32.0 Å². The number of rotatable bonds is 10. The van der Waals surface area contributed by atoms with Gasteiger partial charge in [-0.25, -0.2) is 4.68 Å². The van der Waals surface area contributed by atoms with Crippen LogP contribution in [0.25, 0.3) is 16.9 Å². The standard InChI is InChI=1S/C22H29N5/c1-3-26(4-2)15-9-14-24-17-20-18-27(21-11-6-5-7-12-21)25-22(20)19-10-8-13-23-16-19/h5-8,10-13,16,18,24H,3-4,9,14-15,17H2,1-2H3. The average molecular weight is 364 g/mol. The molecule has 0 bridgehead atoms. The Kier molecular flexibility index (Phi) is 7.13. The van der Waals surface area contributed by atoms with Crippen molar-refractivity contribution in [1.29, 1.82) is 0 Å². The van der Waals surface area contributed by atoms with E-state index < -0.39 is 0 Å². The van der Waals surface area contributed by atoms with Crippen molar-refractivity contribution >= 4 is 0 Å². The van der Waals surface area contributed by atoms with Crippen molar-refractivity contribution in [3.8, 4) is 16.9 Å². The fourth-order valence-electron chi connectivity index (χ4n) is 3.19. The fourth-order valence-corrected chi connectivity index (χ4v) is 3.19. The number of nitrogens with zero attached hydrogens (tertiary/aromatic N) is 4. The second-order valence-corrected chi connectivity index (χ2v) is 6.58. The normalized spacial score (nSPS) is 11.2. The van der Waals surface area contributed by atoms with E-state index >= 15 is 0 Å². The summed E-state index contributed by atoms with van der Waals surface area (Å²) in [6.45, 7) is 9.61. The summed E-state index contributed by atoms with van der Waals surface area (Å²) < 4.78 is 1.95. The predicted molar refractivity (Wildman–Crippen MR) is 111 cm³/mol. The molecule has 3 aromatic rings. The van der Waals surface area contributed by atoms with Crippen LogP contribution in [0.3, 0.4) is 0 Å². The number of hydrogen-bond donors (Lipinski definition) is 1. The molecule has 142 valence electrons. The molecule has 0 aliphatic rings. The third-order valence-corrected chi connectivity index (χ3v) is 4.78. The molecular formula is C22H29N5. The first-order valence-electron chi connectivity index (χ1n) is 9.79. The molecule has 0 saturated carbocycles. The molecule has 0 atom stereocenters. The van der Waals surface area contributed by atoms with Gasteiger partial charge in [0.05, 0.1) is 11.4 Å². The maximum absolute atomic E-state index is 4.83. The molecule has 5 nitrogen and oxygen atoms in total.